The first-order chi connectivity index (χ1) is 30.3. The average Bonchev–Trinajstić information content (AvgIpc) is 3.30. The molecule has 0 atom stereocenters. The number of anilines is 6. The summed E-state index contributed by atoms with van der Waals surface area (Å²) in [6.45, 7) is 11.8. The number of hydrogen-bond acceptors (Lipinski definition) is 2. The summed E-state index contributed by atoms with van der Waals surface area (Å²) >= 11 is 0. The maximum Gasteiger partial charge on any atom is 0.113 e. The first kappa shape index (κ1) is 37.8. The summed E-state index contributed by atoms with van der Waals surface area (Å²) in [5.41, 5.74) is 16.1. The summed E-state index contributed by atoms with van der Waals surface area (Å²) < 4.78 is 0. The van der Waals surface area contributed by atoms with Crippen molar-refractivity contribution in [2.24, 2.45) is 0 Å². The Morgan fingerprint density at radius 1 is 0.339 bits per heavy atom. The Hall–Kier alpha value is -7.20. The van der Waals surface area contributed by atoms with Gasteiger partial charge in [-0.1, -0.05) is 146 Å². The zero-order valence-corrected chi connectivity index (χ0v) is 36.9. The standard InChI is InChI=1S/C59H48N2Si/c1-39-34-40(2)59(41(3)35-39)61(45-22-13-8-14-23-45)47-32-33-50-55-38-53-49-25-16-15-24-48(49)52(37-54(53)51-26-17-27-56(58(51)55)62(4,5)57(50)36-47)42-28-30-46(31-29-42)60(43-18-9-6-10-19-43)44-20-11-7-12-21-44/h6-38H,1-5H3. The molecule has 0 saturated heterocycles. The predicted octanol–water partition coefficient (Wildman–Crippen LogP) is 15.5. The van der Waals surface area contributed by atoms with Crippen molar-refractivity contribution >= 4 is 84.9 Å². The van der Waals surface area contributed by atoms with Crippen LogP contribution in [-0.4, -0.2) is 8.07 Å². The molecule has 10 aromatic carbocycles. The molecule has 1 aliphatic rings. The molecule has 0 aliphatic carbocycles. The molecule has 0 bridgehead atoms. The van der Waals surface area contributed by atoms with E-state index in [4.69, 9.17) is 0 Å². The molecule has 0 radical (unpaired) electrons. The average molecular weight is 813 g/mol. The van der Waals surface area contributed by atoms with Gasteiger partial charge in [0.05, 0.1) is 5.69 Å². The van der Waals surface area contributed by atoms with Gasteiger partial charge in [0.25, 0.3) is 0 Å². The number of aryl methyl sites for hydroxylation is 3. The van der Waals surface area contributed by atoms with Crippen LogP contribution in [0.2, 0.25) is 13.1 Å². The largest absolute Gasteiger partial charge is 0.311 e. The highest BCUT2D eigenvalue weighted by molar-refractivity contribution is 7.03. The van der Waals surface area contributed by atoms with Crippen molar-refractivity contribution in [2.45, 2.75) is 33.9 Å². The highest BCUT2D eigenvalue weighted by Crippen LogP contribution is 2.46. The van der Waals surface area contributed by atoms with Crippen molar-refractivity contribution in [2.75, 3.05) is 9.80 Å². The molecular weight excluding hydrogens is 765 g/mol. The van der Waals surface area contributed by atoms with E-state index >= 15 is 0 Å². The van der Waals surface area contributed by atoms with Gasteiger partial charge in [0, 0.05) is 28.4 Å². The van der Waals surface area contributed by atoms with E-state index < -0.39 is 8.07 Å². The maximum absolute atomic E-state index is 2.55. The van der Waals surface area contributed by atoms with E-state index in [-0.39, 0.29) is 0 Å². The van der Waals surface area contributed by atoms with Crippen LogP contribution < -0.4 is 20.2 Å². The highest BCUT2D eigenvalue weighted by atomic mass is 28.3. The fourth-order valence-corrected chi connectivity index (χ4v) is 13.6. The molecule has 11 rings (SSSR count). The van der Waals surface area contributed by atoms with Crippen LogP contribution in [0.5, 0.6) is 0 Å². The molecule has 0 amide bonds. The predicted molar refractivity (Wildman–Crippen MR) is 270 cm³/mol. The minimum absolute atomic E-state index is 1.13. The van der Waals surface area contributed by atoms with Crippen LogP contribution in [0, 0.1) is 20.8 Å². The SMILES string of the molecule is Cc1cc(C)c(N(c2ccccc2)c2ccc3c(c2)[Si](C)(C)c2cccc4c2c-3cc2c3ccccc3c(-c3ccc(N(c5ccccc5)c5ccccc5)cc3)cc42)c(C)c1. The van der Waals surface area contributed by atoms with Crippen molar-refractivity contribution < 1.29 is 0 Å². The molecular formula is C59H48N2Si. The van der Waals surface area contributed by atoms with Gasteiger partial charge in [-0.25, -0.2) is 0 Å². The summed E-state index contributed by atoms with van der Waals surface area (Å²) in [7, 11) is -2.20. The fraction of sp³-hybridized carbons (Fsp3) is 0.0847. The third-order valence-electron chi connectivity index (χ3n) is 13.2. The number of fused-ring (bicyclic) bond motifs is 6. The quantitative estimate of drug-likeness (QED) is 0.117. The Kier molecular flexibility index (Phi) is 8.99. The van der Waals surface area contributed by atoms with Gasteiger partial charge < -0.3 is 9.80 Å². The maximum atomic E-state index is 2.55. The minimum Gasteiger partial charge on any atom is -0.311 e. The fourth-order valence-electron chi connectivity index (χ4n) is 10.5. The van der Waals surface area contributed by atoms with Crippen molar-refractivity contribution in [1.29, 1.82) is 0 Å². The van der Waals surface area contributed by atoms with Crippen LogP contribution in [0.3, 0.4) is 0 Å². The Morgan fingerprint density at radius 2 is 0.839 bits per heavy atom. The first-order valence-electron chi connectivity index (χ1n) is 21.8. The van der Waals surface area contributed by atoms with Crippen molar-refractivity contribution in [3.8, 4) is 22.3 Å². The first-order valence-corrected chi connectivity index (χ1v) is 24.8. The number of benzene rings is 10. The normalized spacial score (nSPS) is 12.7. The molecule has 0 spiro atoms. The Bertz CT molecular complexity index is 3270. The minimum atomic E-state index is -2.20. The molecule has 2 nitrogen and oxygen atoms in total. The smallest absolute Gasteiger partial charge is 0.113 e. The van der Waals surface area contributed by atoms with Crippen LogP contribution in [0.4, 0.5) is 34.1 Å². The molecule has 1 heterocycles. The lowest BCUT2D eigenvalue weighted by atomic mass is 9.87. The number of hydrogen-bond donors (Lipinski definition) is 0. The zero-order chi connectivity index (χ0) is 42.1. The molecule has 0 aromatic heterocycles. The molecule has 0 fully saturated rings. The van der Waals surface area contributed by atoms with Crippen molar-refractivity contribution in [3.05, 3.63) is 217 Å². The van der Waals surface area contributed by atoms with Gasteiger partial charge >= 0.3 is 0 Å². The van der Waals surface area contributed by atoms with E-state index in [0.29, 0.717) is 0 Å². The molecule has 0 saturated carbocycles. The molecule has 298 valence electrons. The lowest BCUT2D eigenvalue weighted by molar-refractivity contribution is 1.20. The second-order valence-corrected chi connectivity index (χ2v) is 21.9. The van der Waals surface area contributed by atoms with Crippen LogP contribution in [0.25, 0.3) is 54.6 Å². The second-order valence-electron chi connectivity index (χ2n) is 17.5. The van der Waals surface area contributed by atoms with E-state index in [2.05, 4.69) is 244 Å². The zero-order valence-electron chi connectivity index (χ0n) is 35.9. The third kappa shape index (κ3) is 6.07. The van der Waals surface area contributed by atoms with Gasteiger partial charge in [0.1, 0.15) is 8.07 Å². The van der Waals surface area contributed by atoms with Crippen LogP contribution >= 0.6 is 0 Å². The molecule has 1 aliphatic heterocycles. The van der Waals surface area contributed by atoms with E-state index in [9.17, 15) is 0 Å². The van der Waals surface area contributed by atoms with Gasteiger partial charge in [0.15, 0.2) is 0 Å². The molecule has 3 heteroatoms. The van der Waals surface area contributed by atoms with E-state index in [1.165, 1.54) is 98.7 Å². The number of nitrogens with zero attached hydrogens (tertiary/aromatic N) is 2. The monoisotopic (exact) mass is 812 g/mol. The molecule has 0 N–H and O–H groups in total. The van der Waals surface area contributed by atoms with Crippen LogP contribution in [0.15, 0.2) is 200 Å². The summed E-state index contributed by atoms with van der Waals surface area (Å²) in [5.74, 6) is 0. The summed E-state index contributed by atoms with van der Waals surface area (Å²) in [6.07, 6.45) is 0. The molecule has 10 aromatic rings. The third-order valence-corrected chi connectivity index (χ3v) is 16.8. The lowest BCUT2D eigenvalue weighted by Crippen LogP contribution is -2.56. The topological polar surface area (TPSA) is 6.48 Å². The van der Waals surface area contributed by atoms with Gasteiger partial charge in [-0.3, -0.25) is 0 Å². The Labute approximate surface area is 366 Å². The second kappa shape index (κ2) is 14.8. The summed E-state index contributed by atoms with van der Waals surface area (Å²) in [5, 5.41) is 10.9. The van der Waals surface area contributed by atoms with Crippen molar-refractivity contribution in [3.63, 3.8) is 0 Å². The molecule has 62 heavy (non-hydrogen) atoms. The van der Waals surface area contributed by atoms with Gasteiger partial charge in [0.2, 0.25) is 0 Å². The van der Waals surface area contributed by atoms with Gasteiger partial charge in [-0.05, 0) is 170 Å². The highest BCUT2D eigenvalue weighted by Gasteiger charge is 2.37. The summed E-state index contributed by atoms with van der Waals surface area (Å²) in [6, 6.07) is 74.3. The van der Waals surface area contributed by atoms with E-state index in [0.717, 1.165) is 17.1 Å². The lowest BCUT2D eigenvalue weighted by Gasteiger charge is -2.36. The van der Waals surface area contributed by atoms with Gasteiger partial charge in [-0.15, -0.1) is 0 Å². The Balaban J connectivity index is 1.09. The van der Waals surface area contributed by atoms with E-state index in [1.807, 2.05) is 0 Å². The number of rotatable bonds is 7. The van der Waals surface area contributed by atoms with E-state index in [1.54, 1.807) is 0 Å². The van der Waals surface area contributed by atoms with Gasteiger partial charge in [-0.2, -0.15) is 0 Å². The summed E-state index contributed by atoms with van der Waals surface area (Å²) in [4.78, 5) is 4.81. The van der Waals surface area contributed by atoms with Crippen LogP contribution in [-0.2, 0) is 0 Å². The molecule has 0 unspecified atom stereocenters. The number of para-hydroxylation sites is 3. The Morgan fingerprint density at radius 3 is 1.47 bits per heavy atom. The van der Waals surface area contributed by atoms with Crippen molar-refractivity contribution in [1.82, 2.24) is 0 Å². The van der Waals surface area contributed by atoms with Crippen LogP contribution in [0.1, 0.15) is 16.7 Å².